The second-order valence-electron chi connectivity index (χ2n) is 12.8. The molecule has 1 aliphatic heterocycles. The standard InChI is InChI=1S/C35H47N5O4/c1-35(2,3)38-34(44)32-24-39(22-27-13-10-16-36-21-27)17-18-40(32)23-30(42)20-29(19-26-11-6-4-7-12-26)33(43)37-31(25-41)28-14-8-5-9-15-28/h4-16,21,29-32,41-42H,17-20,22-25H2,1-3H3,(H,37,43)(H,38,44)/t29-,30+,31?,32+/m1/s1. The lowest BCUT2D eigenvalue weighted by Crippen LogP contribution is -2.61. The average molecular weight is 602 g/mol. The Morgan fingerprint density at radius 1 is 0.977 bits per heavy atom. The maximum atomic E-state index is 13.6. The summed E-state index contributed by atoms with van der Waals surface area (Å²) in [5.74, 6) is -0.828. The van der Waals surface area contributed by atoms with Crippen molar-refractivity contribution < 1.29 is 19.8 Å². The van der Waals surface area contributed by atoms with Crippen molar-refractivity contribution >= 4 is 11.8 Å². The van der Waals surface area contributed by atoms with Gasteiger partial charge in [-0.05, 0) is 56.4 Å². The van der Waals surface area contributed by atoms with Crippen LogP contribution in [0.2, 0.25) is 0 Å². The number of benzene rings is 2. The molecule has 1 aliphatic rings. The summed E-state index contributed by atoms with van der Waals surface area (Å²) in [7, 11) is 0. The SMILES string of the molecule is CC(C)(C)NC(=O)[C@@H]1CN(Cc2cccnc2)CCN1C[C@@H](O)C[C@@H](Cc1ccccc1)C(=O)NC(CO)c1ccccc1. The third-order valence-corrected chi connectivity index (χ3v) is 7.90. The van der Waals surface area contributed by atoms with E-state index in [0.29, 0.717) is 26.1 Å². The van der Waals surface area contributed by atoms with Crippen molar-refractivity contribution in [3.8, 4) is 0 Å². The number of rotatable bonds is 13. The number of nitrogens with zero attached hydrogens (tertiary/aromatic N) is 3. The Balaban J connectivity index is 1.47. The maximum Gasteiger partial charge on any atom is 0.239 e. The molecular weight excluding hydrogens is 554 g/mol. The molecule has 0 spiro atoms. The van der Waals surface area contributed by atoms with Gasteiger partial charge in [-0.15, -0.1) is 0 Å². The summed E-state index contributed by atoms with van der Waals surface area (Å²) in [5.41, 5.74) is 2.50. The highest BCUT2D eigenvalue weighted by atomic mass is 16.3. The van der Waals surface area contributed by atoms with Crippen LogP contribution in [0.25, 0.3) is 0 Å². The molecule has 2 heterocycles. The van der Waals surface area contributed by atoms with Gasteiger partial charge in [-0.3, -0.25) is 24.4 Å². The number of carbonyl (C=O) groups excluding carboxylic acids is 2. The molecule has 1 unspecified atom stereocenters. The number of aliphatic hydroxyl groups excluding tert-OH is 2. The second-order valence-corrected chi connectivity index (χ2v) is 12.8. The molecule has 0 bridgehead atoms. The molecule has 0 saturated carbocycles. The van der Waals surface area contributed by atoms with Gasteiger partial charge in [-0.1, -0.05) is 66.7 Å². The molecule has 2 amide bonds. The maximum absolute atomic E-state index is 13.6. The molecule has 0 radical (unpaired) electrons. The highest BCUT2D eigenvalue weighted by molar-refractivity contribution is 5.83. The van der Waals surface area contributed by atoms with Gasteiger partial charge in [0.15, 0.2) is 0 Å². The highest BCUT2D eigenvalue weighted by Crippen LogP contribution is 2.21. The van der Waals surface area contributed by atoms with Crippen LogP contribution in [0.3, 0.4) is 0 Å². The van der Waals surface area contributed by atoms with Crippen LogP contribution < -0.4 is 10.6 Å². The third-order valence-electron chi connectivity index (χ3n) is 7.90. The van der Waals surface area contributed by atoms with E-state index in [1.165, 1.54) is 0 Å². The molecule has 0 aliphatic carbocycles. The van der Waals surface area contributed by atoms with Crippen LogP contribution in [-0.2, 0) is 22.6 Å². The Morgan fingerprint density at radius 2 is 1.66 bits per heavy atom. The van der Waals surface area contributed by atoms with Crippen LogP contribution in [0.15, 0.2) is 85.2 Å². The Kier molecular flexibility index (Phi) is 12.0. The van der Waals surface area contributed by atoms with Crippen molar-refractivity contribution in [2.24, 2.45) is 5.92 Å². The number of aromatic nitrogens is 1. The molecule has 3 aromatic rings. The largest absolute Gasteiger partial charge is 0.394 e. The number of pyridine rings is 1. The molecule has 2 aromatic carbocycles. The minimum absolute atomic E-state index is 0.0761. The van der Waals surface area contributed by atoms with E-state index in [0.717, 1.165) is 23.2 Å². The molecule has 1 saturated heterocycles. The Hall–Kier alpha value is -3.63. The molecule has 4 N–H and O–H groups in total. The van der Waals surface area contributed by atoms with Crippen LogP contribution >= 0.6 is 0 Å². The predicted molar refractivity (Wildman–Crippen MR) is 171 cm³/mol. The summed E-state index contributed by atoms with van der Waals surface area (Å²) in [6.45, 7) is 8.48. The fourth-order valence-corrected chi connectivity index (χ4v) is 5.76. The number of piperazine rings is 1. The number of carbonyl (C=O) groups is 2. The zero-order valence-corrected chi connectivity index (χ0v) is 26.1. The second kappa shape index (κ2) is 15.9. The lowest BCUT2D eigenvalue weighted by molar-refractivity contribution is -0.132. The normalized spacial score (nSPS) is 18.2. The average Bonchev–Trinajstić information content (AvgIpc) is 3.00. The van der Waals surface area contributed by atoms with Crippen molar-refractivity contribution in [3.05, 3.63) is 102 Å². The summed E-state index contributed by atoms with van der Waals surface area (Å²) >= 11 is 0. The van der Waals surface area contributed by atoms with Crippen LogP contribution in [0.1, 0.15) is 49.9 Å². The van der Waals surface area contributed by atoms with Crippen LogP contribution in [0.5, 0.6) is 0 Å². The minimum Gasteiger partial charge on any atom is -0.394 e. The summed E-state index contributed by atoms with van der Waals surface area (Å²) in [4.78, 5) is 35.7. The first kappa shape index (κ1) is 33.3. The van der Waals surface area contributed by atoms with E-state index in [1.54, 1.807) is 6.20 Å². The van der Waals surface area contributed by atoms with Gasteiger partial charge in [0.05, 0.1) is 18.8 Å². The molecule has 236 valence electrons. The summed E-state index contributed by atoms with van der Waals surface area (Å²) in [6, 6.07) is 22.1. The molecular formula is C35H47N5O4. The van der Waals surface area contributed by atoms with Gasteiger partial charge in [-0.2, -0.15) is 0 Å². The highest BCUT2D eigenvalue weighted by Gasteiger charge is 2.35. The first-order valence-electron chi connectivity index (χ1n) is 15.5. The van der Waals surface area contributed by atoms with Crippen LogP contribution in [0, 0.1) is 5.92 Å². The fraction of sp³-hybridized carbons (Fsp3) is 0.457. The van der Waals surface area contributed by atoms with Gasteiger partial charge in [-0.25, -0.2) is 0 Å². The zero-order chi connectivity index (χ0) is 31.5. The summed E-state index contributed by atoms with van der Waals surface area (Å²) in [5, 5.41) is 27.6. The van der Waals surface area contributed by atoms with Gasteiger partial charge in [0, 0.05) is 56.6 Å². The van der Waals surface area contributed by atoms with E-state index in [-0.39, 0.29) is 31.4 Å². The van der Waals surface area contributed by atoms with Gasteiger partial charge >= 0.3 is 0 Å². The smallest absolute Gasteiger partial charge is 0.239 e. The van der Waals surface area contributed by atoms with Crippen molar-refractivity contribution in [2.75, 3.05) is 32.8 Å². The quantitative estimate of drug-likeness (QED) is 0.238. The lowest BCUT2D eigenvalue weighted by atomic mass is 9.91. The van der Waals surface area contributed by atoms with Gasteiger partial charge < -0.3 is 20.8 Å². The number of β-amino-alcohol motifs (C(OH)–C–C–N with tert-alkyl or cyclic N) is 1. The predicted octanol–water partition coefficient (Wildman–Crippen LogP) is 2.94. The number of aliphatic hydroxyl groups is 2. The molecule has 9 nitrogen and oxygen atoms in total. The van der Waals surface area contributed by atoms with E-state index in [2.05, 4.69) is 20.5 Å². The fourth-order valence-electron chi connectivity index (χ4n) is 5.76. The van der Waals surface area contributed by atoms with Gasteiger partial charge in [0.25, 0.3) is 0 Å². The van der Waals surface area contributed by atoms with E-state index in [1.807, 2.05) is 105 Å². The van der Waals surface area contributed by atoms with E-state index in [4.69, 9.17) is 0 Å². The topological polar surface area (TPSA) is 118 Å². The van der Waals surface area contributed by atoms with Crippen molar-refractivity contribution in [2.45, 2.75) is 63.9 Å². The Morgan fingerprint density at radius 3 is 2.30 bits per heavy atom. The first-order valence-corrected chi connectivity index (χ1v) is 15.5. The first-order chi connectivity index (χ1) is 21.1. The van der Waals surface area contributed by atoms with Gasteiger partial charge in [0.2, 0.25) is 11.8 Å². The Bertz CT molecular complexity index is 1300. The molecule has 1 fully saturated rings. The number of amides is 2. The van der Waals surface area contributed by atoms with E-state index >= 15 is 0 Å². The zero-order valence-electron chi connectivity index (χ0n) is 26.1. The third kappa shape index (κ3) is 10.2. The van der Waals surface area contributed by atoms with Crippen LogP contribution in [-0.4, -0.2) is 87.3 Å². The van der Waals surface area contributed by atoms with Crippen molar-refractivity contribution in [1.82, 2.24) is 25.4 Å². The minimum atomic E-state index is -0.839. The number of hydrogen-bond acceptors (Lipinski definition) is 7. The van der Waals surface area contributed by atoms with Gasteiger partial charge in [0.1, 0.15) is 6.04 Å². The van der Waals surface area contributed by atoms with E-state index in [9.17, 15) is 19.8 Å². The Labute approximate surface area is 261 Å². The lowest BCUT2D eigenvalue weighted by Gasteiger charge is -2.42. The van der Waals surface area contributed by atoms with Crippen molar-refractivity contribution in [3.63, 3.8) is 0 Å². The molecule has 1 aromatic heterocycles. The number of nitrogens with one attached hydrogen (secondary N) is 2. The van der Waals surface area contributed by atoms with E-state index < -0.39 is 29.6 Å². The van der Waals surface area contributed by atoms with Crippen molar-refractivity contribution in [1.29, 1.82) is 0 Å². The molecule has 9 heteroatoms. The molecule has 4 rings (SSSR count). The summed E-state index contributed by atoms with van der Waals surface area (Å²) < 4.78 is 0. The monoisotopic (exact) mass is 601 g/mol. The summed E-state index contributed by atoms with van der Waals surface area (Å²) in [6.07, 6.45) is 3.42. The molecule has 4 atom stereocenters. The number of hydrogen-bond donors (Lipinski definition) is 4. The van der Waals surface area contributed by atoms with Crippen LogP contribution in [0.4, 0.5) is 0 Å². The molecule has 44 heavy (non-hydrogen) atoms.